The molecule has 4 aromatic rings. The van der Waals surface area contributed by atoms with Crippen molar-refractivity contribution in [3.05, 3.63) is 123 Å². The number of carbonyl (C=O) groups excluding carboxylic acids is 2. The number of hydrogen-bond donors (Lipinski definition) is 3. The Labute approximate surface area is 389 Å². The first-order valence-electron chi connectivity index (χ1n) is 22.6. The van der Waals surface area contributed by atoms with E-state index in [0.29, 0.717) is 74.6 Å². The number of aliphatic hydroxyl groups is 3. The molecule has 0 fully saturated rings. The Morgan fingerprint density at radius 3 is 1.50 bits per heavy atom. The summed E-state index contributed by atoms with van der Waals surface area (Å²) in [5.41, 5.74) is 8.93. The third kappa shape index (κ3) is 11.5. The maximum atomic E-state index is 12.8. The molecule has 66 heavy (non-hydrogen) atoms. The van der Waals surface area contributed by atoms with Crippen molar-refractivity contribution in [1.29, 1.82) is 0 Å². The molecule has 14 nitrogen and oxygen atoms in total. The number of rotatable bonds is 22. The summed E-state index contributed by atoms with van der Waals surface area (Å²) in [5, 5.41) is 30.0. The lowest BCUT2D eigenvalue weighted by Crippen LogP contribution is -2.52. The zero-order valence-corrected chi connectivity index (χ0v) is 39.6. The van der Waals surface area contributed by atoms with Crippen molar-refractivity contribution in [3.63, 3.8) is 0 Å². The Bertz CT molecular complexity index is 2190. The van der Waals surface area contributed by atoms with Gasteiger partial charge in [-0.2, -0.15) is 0 Å². The molecule has 0 saturated carbocycles. The summed E-state index contributed by atoms with van der Waals surface area (Å²) in [6.45, 7) is 3.03. The number of aliphatic hydroxyl groups excluding tert-OH is 3. The zero-order valence-electron chi connectivity index (χ0n) is 39.6. The zero-order chi connectivity index (χ0) is 47.4. The van der Waals surface area contributed by atoms with Crippen molar-refractivity contribution < 1.29 is 67.0 Å². The largest absolute Gasteiger partial charge is 0.496 e. The second kappa shape index (κ2) is 22.7. The van der Waals surface area contributed by atoms with Crippen molar-refractivity contribution in [2.75, 3.05) is 89.0 Å². The molecule has 2 aliphatic heterocycles. The standard InChI is InChI=1S/C52H68N2O12/c1-53(20-16-37-28-40(33-56)41(34-57)29-42(37)44(53)24-35-10-12-39(32-55)47(26-35)61-4)18-8-22-65-51(58)14-15-52(59)66-23-9-19-54(2)21-17-38-30-49(63-6)50(64-7)31-43(38)45(54)25-36-11-13-46(60-3)48(27-36)62-5/h10-15,26-31,44-45,55-57H,8-9,16-25,32-34H2,1-7H3/q+2/b15-14+. The Kier molecular flexibility index (Phi) is 17.1. The molecule has 0 aliphatic carbocycles. The van der Waals surface area contributed by atoms with E-state index in [4.69, 9.17) is 33.2 Å². The molecule has 6 rings (SSSR count). The van der Waals surface area contributed by atoms with Gasteiger partial charge in [0, 0.05) is 67.4 Å². The van der Waals surface area contributed by atoms with Crippen LogP contribution in [0.4, 0.5) is 0 Å². The molecule has 0 bridgehead atoms. The van der Waals surface area contributed by atoms with Gasteiger partial charge in [-0.05, 0) is 69.8 Å². The summed E-state index contributed by atoms with van der Waals surface area (Å²) in [7, 11) is 12.6. The number of likely N-dealkylation sites (N-methyl/N-ethyl adjacent to an activating group) is 2. The number of benzene rings is 4. The van der Waals surface area contributed by atoms with Crippen LogP contribution in [0.5, 0.6) is 28.7 Å². The fourth-order valence-electron chi connectivity index (χ4n) is 9.91. The molecule has 0 saturated heterocycles. The van der Waals surface area contributed by atoms with Crippen LogP contribution in [0, 0.1) is 0 Å². The third-order valence-electron chi connectivity index (χ3n) is 13.8. The van der Waals surface area contributed by atoms with E-state index in [2.05, 4.69) is 32.3 Å². The van der Waals surface area contributed by atoms with E-state index in [1.54, 1.807) is 35.5 Å². The molecular formula is C52H68N2O12+2. The summed E-state index contributed by atoms with van der Waals surface area (Å²) < 4.78 is 40.6. The number of quaternary nitrogens is 2. The highest BCUT2D eigenvalue weighted by atomic mass is 16.5. The minimum absolute atomic E-state index is 0.00625. The monoisotopic (exact) mass is 912 g/mol. The van der Waals surface area contributed by atoms with Crippen LogP contribution in [-0.4, -0.2) is 125 Å². The van der Waals surface area contributed by atoms with Gasteiger partial charge in [-0.3, -0.25) is 0 Å². The highest BCUT2D eigenvalue weighted by Gasteiger charge is 2.41. The quantitative estimate of drug-likeness (QED) is 0.0372. The van der Waals surface area contributed by atoms with Crippen LogP contribution >= 0.6 is 0 Å². The van der Waals surface area contributed by atoms with Crippen molar-refractivity contribution in [2.45, 2.75) is 70.4 Å². The molecule has 356 valence electrons. The Morgan fingerprint density at radius 2 is 0.985 bits per heavy atom. The van der Waals surface area contributed by atoms with Crippen LogP contribution in [0.15, 0.2) is 72.8 Å². The van der Waals surface area contributed by atoms with Crippen LogP contribution < -0.4 is 23.7 Å². The first-order valence-corrected chi connectivity index (χ1v) is 22.6. The van der Waals surface area contributed by atoms with Gasteiger partial charge in [0.05, 0.1) is 109 Å². The molecule has 4 unspecified atom stereocenters. The second-order valence-corrected chi connectivity index (χ2v) is 17.7. The Balaban J connectivity index is 1.04. The number of carbonyl (C=O) groups is 2. The SMILES string of the molecule is COc1cc(CC2c3cc(CO)c(CO)cc3CC[N+]2(C)CCCOC(=O)/C=C/C(=O)OCCC[N+]2(C)CCc3cc(OC)c(OC)cc3C2Cc2ccc(OC)c(OC)c2)ccc1CO. The van der Waals surface area contributed by atoms with Gasteiger partial charge < -0.3 is 57.4 Å². The molecule has 3 N–H and O–H groups in total. The summed E-state index contributed by atoms with van der Waals surface area (Å²) in [5.74, 6) is 2.10. The van der Waals surface area contributed by atoms with E-state index < -0.39 is 11.9 Å². The summed E-state index contributed by atoms with van der Waals surface area (Å²) in [6.07, 6.45) is 6.45. The van der Waals surface area contributed by atoms with Crippen LogP contribution in [0.25, 0.3) is 0 Å². The maximum absolute atomic E-state index is 12.8. The molecular weight excluding hydrogens is 845 g/mol. The van der Waals surface area contributed by atoms with Gasteiger partial charge in [0.2, 0.25) is 0 Å². The normalized spacial score (nSPS) is 20.0. The van der Waals surface area contributed by atoms with Gasteiger partial charge in [0.25, 0.3) is 0 Å². The number of hydrogen-bond acceptors (Lipinski definition) is 12. The first kappa shape index (κ1) is 49.8. The average Bonchev–Trinajstić information content (AvgIpc) is 3.34. The molecule has 4 aromatic carbocycles. The van der Waals surface area contributed by atoms with Gasteiger partial charge in [-0.1, -0.05) is 24.3 Å². The Morgan fingerprint density at radius 1 is 0.545 bits per heavy atom. The highest BCUT2D eigenvalue weighted by Crippen LogP contribution is 2.44. The number of ether oxygens (including phenoxy) is 7. The van der Waals surface area contributed by atoms with Crippen molar-refractivity contribution >= 4 is 11.9 Å². The van der Waals surface area contributed by atoms with E-state index >= 15 is 0 Å². The minimum atomic E-state index is -0.620. The molecule has 0 aromatic heterocycles. The van der Waals surface area contributed by atoms with Gasteiger partial charge in [-0.25, -0.2) is 9.59 Å². The summed E-state index contributed by atoms with van der Waals surface area (Å²) in [6, 6.07) is 20.1. The Hall–Kier alpha value is -5.64. The van der Waals surface area contributed by atoms with Crippen molar-refractivity contribution in [2.24, 2.45) is 0 Å². The average molecular weight is 913 g/mol. The van der Waals surface area contributed by atoms with Gasteiger partial charge in [-0.15, -0.1) is 0 Å². The maximum Gasteiger partial charge on any atom is 0.331 e. The van der Waals surface area contributed by atoms with Gasteiger partial charge >= 0.3 is 11.9 Å². The smallest absolute Gasteiger partial charge is 0.331 e. The lowest BCUT2D eigenvalue weighted by Gasteiger charge is -2.46. The predicted octanol–water partition coefficient (Wildman–Crippen LogP) is 5.90. The van der Waals surface area contributed by atoms with Crippen LogP contribution in [-0.2, 0) is 64.6 Å². The van der Waals surface area contributed by atoms with Crippen molar-refractivity contribution in [1.82, 2.24) is 0 Å². The number of nitrogens with zero attached hydrogens (tertiary/aromatic N) is 2. The molecule has 0 radical (unpaired) electrons. The fraction of sp³-hybridized carbons (Fsp3) is 0.462. The van der Waals surface area contributed by atoms with Crippen LogP contribution in [0.2, 0.25) is 0 Å². The van der Waals surface area contributed by atoms with Crippen LogP contribution in [0.3, 0.4) is 0 Å². The van der Waals surface area contributed by atoms with E-state index in [1.807, 2.05) is 42.5 Å². The fourth-order valence-corrected chi connectivity index (χ4v) is 9.91. The molecule has 0 amide bonds. The number of fused-ring (bicyclic) bond motifs is 2. The van der Waals surface area contributed by atoms with Crippen molar-refractivity contribution in [3.8, 4) is 28.7 Å². The van der Waals surface area contributed by atoms with E-state index in [9.17, 15) is 24.9 Å². The predicted molar refractivity (Wildman–Crippen MR) is 249 cm³/mol. The summed E-state index contributed by atoms with van der Waals surface area (Å²) in [4.78, 5) is 25.6. The lowest BCUT2D eigenvalue weighted by atomic mass is 9.84. The minimum Gasteiger partial charge on any atom is -0.496 e. The van der Waals surface area contributed by atoms with E-state index in [0.717, 1.165) is 78.9 Å². The van der Waals surface area contributed by atoms with Gasteiger partial charge in [0.1, 0.15) is 17.8 Å². The molecule has 4 atom stereocenters. The lowest BCUT2D eigenvalue weighted by molar-refractivity contribution is -0.941. The second-order valence-electron chi connectivity index (χ2n) is 17.7. The highest BCUT2D eigenvalue weighted by molar-refractivity contribution is 5.91. The summed E-state index contributed by atoms with van der Waals surface area (Å²) >= 11 is 0. The van der Waals surface area contributed by atoms with Gasteiger partial charge in [0.15, 0.2) is 23.0 Å². The van der Waals surface area contributed by atoms with E-state index in [1.165, 1.54) is 11.1 Å². The topological polar surface area (TPSA) is 159 Å². The van der Waals surface area contributed by atoms with E-state index in [-0.39, 0.29) is 45.1 Å². The third-order valence-corrected chi connectivity index (χ3v) is 13.8. The first-order chi connectivity index (χ1) is 31.9. The number of methoxy groups -OCH3 is 5. The molecule has 0 spiro atoms. The molecule has 2 heterocycles. The molecule has 14 heteroatoms. The van der Waals surface area contributed by atoms with Crippen LogP contribution in [0.1, 0.15) is 75.0 Å². The molecule has 2 aliphatic rings. The number of esters is 2.